The summed E-state index contributed by atoms with van der Waals surface area (Å²) in [5.41, 5.74) is 0. The van der Waals surface area contributed by atoms with Crippen LogP contribution in [0.1, 0.15) is 33.6 Å². The molecule has 0 aromatic carbocycles. The van der Waals surface area contributed by atoms with Crippen molar-refractivity contribution in [3.05, 3.63) is 0 Å². The Hall–Kier alpha value is -0.120. The van der Waals surface area contributed by atoms with Crippen molar-refractivity contribution in [1.82, 2.24) is 15.1 Å². The van der Waals surface area contributed by atoms with Crippen LogP contribution in [0, 0.1) is 5.92 Å². The van der Waals surface area contributed by atoms with Gasteiger partial charge in [-0.1, -0.05) is 20.8 Å². The summed E-state index contributed by atoms with van der Waals surface area (Å²) < 4.78 is 0. The van der Waals surface area contributed by atoms with Gasteiger partial charge in [-0.15, -0.1) is 0 Å². The van der Waals surface area contributed by atoms with Crippen LogP contribution in [0.2, 0.25) is 0 Å². The van der Waals surface area contributed by atoms with Gasteiger partial charge in [0.05, 0.1) is 0 Å². The Labute approximate surface area is 109 Å². The maximum absolute atomic E-state index is 3.54. The van der Waals surface area contributed by atoms with Crippen LogP contribution in [-0.4, -0.2) is 63.2 Å². The monoisotopic (exact) mass is 243 g/mol. The molecular weight excluding hydrogens is 210 g/mol. The first-order valence-corrected chi connectivity index (χ1v) is 7.14. The smallest absolute Gasteiger partial charge is 0.0110 e. The minimum Gasteiger partial charge on any atom is -0.315 e. The van der Waals surface area contributed by atoms with Crippen molar-refractivity contribution in [2.24, 2.45) is 5.92 Å². The molecule has 0 amide bonds. The van der Waals surface area contributed by atoms with Gasteiger partial charge in [-0.2, -0.15) is 0 Å². The van der Waals surface area contributed by atoms with Gasteiger partial charge < -0.3 is 15.1 Å². The van der Waals surface area contributed by atoms with E-state index in [2.05, 4.69) is 50.0 Å². The van der Waals surface area contributed by atoms with Crippen LogP contribution in [0.15, 0.2) is 0 Å². The van der Waals surface area contributed by atoms with Gasteiger partial charge in [0.15, 0.2) is 0 Å². The molecule has 104 valence electrons. The highest BCUT2D eigenvalue weighted by atomic mass is 15.2. The van der Waals surface area contributed by atoms with Crippen molar-refractivity contribution < 1.29 is 0 Å². The Balaban J connectivity index is 3.55. The van der Waals surface area contributed by atoms with Crippen LogP contribution in [-0.2, 0) is 0 Å². The first-order chi connectivity index (χ1) is 8.06. The molecule has 0 bridgehead atoms. The molecule has 0 saturated heterocycles. The molecule has 0 atom stereocenters. The van der Waals surface area contributed by atoms with E-state index in [4.69, 9.17) is 0 Å². The predicted molar refractivity (Wildman–Crippen MR) is 77.6 cm³/mol. The first kappa shape index (κ1) is 16.9. The SMILES string of the molecule is CCCN(CCNCCC(C)C)CCN(C)C. The molecule has 0 rings (SSSR count). The van der Waals surface area contributed by atoms with Crippen LogP contribution in [0.4, 0.5) is 0 Å². The Morgan fingerprint density at radius 3 is 2.18 bits per heavy atom. The summed E-state index contributed by atoms with van der Waals surface area (Å²) >= 11 is 0. The minimum absolute atomic E-state index is 0.808. The van der Waals surface area contributed by atoms with Crippen LogP contribution in [0.3, 0.4) is 0 Å². The number of hydrogen-bond donors (Lipinski definition) is 1. The molecule has 0 aliphatic heterocycles. The summed E-state index contributed by atoms with van der Waals surface area (Å²) in [5, 5.41) is 3.54. The first-order valence-electron chi connectivity index (χ1n) is 7.14. The highest BCUT2D eigenvalue weighted by Gasteiger charge is 2.03. The third-order valence-electron chi connectivity index (χ3n) is 2.91. The normalized spacial score (nSPS) is 12.0. The lowest BCUT2D eigenvalue weighted by Gasteiger charge is -2.23. The average Bonchev–Trinajstić information content (AvgIpc) is 2.24. The molecule has 0 aromatic rings. The molecule has 17 heavy (non-hydrogen) atoms. The molecule has 0 aliphatic carbocycles. The van der Waals surface area contributed by atoms with Gasteiger partial charge in [-0.25, -0.2) is 0 Å². The van der Waals surface area contributed by atoms with Gasteiger partial charge in [0.2, 0.25) is 0 Å². The van der Waals surface area contributed by atoms with Gasteiger partial charge in [-0.3, -0.25) is 0 Å². The van der Waals surface area contributed by atoms with Crippen LogP contribution in [0.5, 0.6) is 0 Å². The second-order valence-corrected chi connectivity index (χ2v) is 5.58. The van der Waals surface area contributed by atoms with Gasteiger partial charge >= 0.3 is 0 Å². The lowest BCUT2D eigenvalue weighted by atomic mass is 10.1. The number of hydrogen-bond acceptors (Lipinski definition) is 3. The summed E-state index contributed by atoms with van der Waals surface area (Å²) in [4.78, 5) is 4.82. The summed E-state index contributed by atoms with van der Waals surface area (Å²) in [6.07, 6.45) is 2.53. The fraction of sp³-hybridized carbons (Fsp3) is 1.00. The predicted octanol–water partition coefficient (Wildman–Crippen LogP) is 1.90. The van der Waals surface area contributed by atoms with Crippen LogP contribution >= 0.6 is 0 Å². The number of nitrogens with one attached hydrogen (secondary N) is 1. The third-order valence-corrected chi connectivity index (χ3v) is 2.91. The molecule has 3 heteroatoms. The fourth-order valence-electron chi connectivity index (χ4n) is 1.75. The maximum Gasteiger partial charge on any atom is 0.0110 e. The molecule has 0 aliphatic rings. The van der Waals surface area contributed by atoms with E-state index in [9.17, 15) is 0 Å². The summed E-state index contributed by atoms with van der Waals surface area (Å²) in [6, 6.07) is 0. The lowest BCUT2D eigenvalue weighted by molar-refractivity contribution is 0.241. The highest BCUT2D eigenvalue weighted by Crippen LogP contribution is 1.96. The van der Waals surface area contributed by atoms with Crippen molar-refractivity contribution in [3.63, 3.8) is 0 Å². The molecule has 0 spiro atoms. The van der Waals surface area contributed by atoms with E-state index in [0.717, 1.165) is 25.6 Å². The average molecular weight is 243 g/mol. The molecular formula is C14H33N3. The molecule has 0 radical (unpaired) electrons. The van der Waals surface area contributed by atoms with Crippen molar-refractivity contribution in [2.75, 3.05) is 53.4 Å². The largest absolute Gasteiger partial charge is 0.315 e. The van der Waals surface area contributed by atoms with Gasteiger partial charge in [0, 0.05) is 26.2 Å². The molecule has 0 heterocycles. The lowest BCUT2D eigenvalue weighted by Crippen LogP contribution is -2.37. The maximum atomic E-state index is 3.54. The van der Waals surface area contributed by atoms with Gasteiger partial charge in [0.25, 0.3) is 0 Å². The van der Waals surface area contributed by atoms with E-state index in [0.29, 0.717) is 0 Å². The summed E-state index contributed by atoms with van der Waals surface area (Å²) in [6.45, 7) is 13.8. The molecule has 0 fully saturated rings. The number of rotatable bonds is 11. The van der Waals surface area contributed by atoms with Crippen LogP contribution < -0.4 is 5.32 Å². The molecule has 0 aromatic heterocycles. The van der Waals surface area contributed by atoms with Crippen molar-refractivity contribution >= 4 is 0 Å². The third kappa shape index (κ3) is 12.1. The Bertz CT molecular complexity index is 158. The van der Waals surface area contributed by atoms with E-state index < -0.39 is 0 Å². The Kier molecular flexibility index (Phi) is 10.9. The fourth-order valence-corrected chi connectivity index (χ4v) is 1.75. The van der Waals surface area contributed by atoms with Crippen molar-refractivity contribution in [3.8, 4) is 0 Å². The molecule has 1 N–H and O–H groups in total. The van der Waals surface area contributed by atoms with E-state index >= 15 is 0 Å². The molecule has 0 unspecified atom stereocenters. The molecule has 3 nitrogen and oxygen atoms in total. The molecule has 0 saturated carbocycles. The van der Waals surface area contributed by atoms with E-state index in [-0.39, 0.29) is 0 Å². The second kappa shape index (κ2) is 11.0. The highest BCUT2D eigenvalue weighted by molar-refractivity contribution is 4.61. The van der Waals surface area contributed by atoms with Gasteiger partial charge in [0.1, 0.15) is 0 Å². The topological polar surface area (TPSA) is 18.5 Å². The number of nitrogens with zero attached hydrogens (tertiary/aromatic N) is 2. The Morgan fingerprint density at radius 1 is 0.941 bits per heavy atom. The van der Waals surface area contributed by atoms with E-state index in [1.54, 1.807) is 0 Å². The number of likely N-dealkylation sites (N-methyl/N-ethyl adjacent to an activating group) is 1. The summed E-state index contributed by atoms with van der Waals surface area (Å²) in [7, 11) is 4.29. The minimum atomic E-state index is 0.808. The Morgan fingerprint density at radius 2 is 1.65 bits per heavy atom. The second-order valence-electron chi connectivity index (χ2n) is 5.58. The summed E-state index contributed by atoms with van der Waals surface area (Å²) in [5.74, 6) is 0.808. The van der Waals surface area contributed by atoms with Gasteiger partial charge in [-0.05, 0) is 45.9 Å². The van der Waals surface area contributed by atoms with Crippen LogP contribution in [0.25, 0.3) is 0 Å². The van der Waals surface area contributed by atoms with E-state index in [1.165, 1.54) is 32.5 Å². The van der Waals surface area contributed by atoms with E-state index in [1.807, 2.05) is 0 Å². The van der Waals surface area contributed by atoms with Crippen molar-refractivity contribution in [1.29, 1.82) is 0 Å². The standard InChI is InChI=1S/C14H33N3/c1-6-10-17(13-12-16(4)5)11-9-15-8-7-14(2)3/h14-15H,6-13H2,1-5H3. The zero-order chi connectivity index (χ0) is 13.1. The quantitative estimate of drug-likeness (QED) is 0.559. The zero-order valence-corrected chi connectivity index (χ0v) is 12.6. The van der Waals surface area contributed by atoms with Crippen molar-refractivity contribution in [2.45, 2.75) is 33.6 Å². The zero-order valence-electron chi connectivity index (χ0n) is 12.6.